The van der Waals surface area contributed by atoms with Crippen LogP contribution in [0, 0.1) is 0 Å². The highest BCUT2D eigenvalue weighted by molar-refractivity contribution is 5.84. The van der Waals surface area contributed by atoms with Crippen LogP contribution in [0.3, 0.4) is 0 Å². The third-order valence-electron chi connectivity index (χ3n) is 1.88. The van der Waals surface area contributed by atoms with Crippen LogP contribution >= 0.6 is 0 Å². The number of esters is 1. The van der Waals surface area contributed by atoms with Gasteiger partial charge in [-0.25, -0.2) is 4.79 Å². The molecule has 0 radical (unpaired) electrons. The molecule has 0 aromatic heterocycles. The summed E-state index contributed by atoms with van der Waals surface area (Å²) in [5, 5.41) is 2.39. The molecule has 1 amide bonds. The van der Waals surface area contributed by atoms with Crippen LogP contribution in [0.2, 0.25) is 0 Å². The molecule has 0 heterocycles. The van der Waals surface area contributed by atoms with E-state index in [1.54, 1.807) is 38.1 Å². The molecule has 15 heavy (non-hydrogen) atoms. The van der Waals surface area contributed by atoms with Crippen molar-refractivity contribution in [2.24, 2.45) is 0 Å². The lowest BCUT2D eigenvalue weighted by atomic mass is 10.1. The van der Waals surface area contributed by atoms with Crippen LogP contribution in [0.5, 0.6) is 5.75 Å². The highest BCUT2D eigenvalue weighted by Crippen LogP contribution is 2.12. The van der Waals surface area contributed by atoms with Crippen LogP contribution in [0.1, 0.15) is 13.8 Å². The lowest BCUT2D eigenvalue weighted by Crippen LogP contribution is -2.48. The smallest absolute Gasteiger partial charge is 0.336 e. The van der Waals surface area contributed by atoms with Gasteiger partial charge in [0.1, 0.15) is 11.3 Å². The summed E-state index contributed by atoms with van der Waals surface area (Å²) in [4.78, 5) is 21.8. The molecule has 1 N–H and O–H groups in total. The van der Waals surface area contributed by atoms with Crippen molar-refractivity contribution in [1.29, 1.82) is 0 Å². The normalized spacial score (nSPS) is 10.5. The third kappa shape index (κ3) is 3.09. The third-order valence-corrected chi connectivity index (χ3v) is 1.88. The van der Waals surface area contributed by atoms with Crippen LogP contribution < -0.4 is 10.1 Å². The Morgan fingerprint density at radius 3 is 2.47 bits per heavy atom. The Bertz CT molecular complexity index is 346. The lowest BCUT2D eigenvalue weighted by molar-refractivity contribution is -0.141. The molecule has 0 bridgehead atoms. The number of rotatable bonds is 4. The van der Waals surface area contributed by atoms with Gasteiger partial charge in [0.15, 0.2) is 0 Å². The minimum absolute atomic E-state index is 0.461. The van der Waals surface area contributed by atoms with Crippen LogP contribution in [-0.2, 0) is 9.59 Å². The fourth-order valence-corrected chi connectivity index (χ4v) is 0.929. The van der Waals surface area contributed by atoms with Crippen molar-refractivity contribution in [2.45, 2.75) is 19.4 Å². The molecular formula is C11H13NO3. The SMILES string of the molecule is CC(C)(NC=O)C(=O)Oc1ccccc1. The van der Waals surface area contributed by atoms with Crippen molar-refractivity contribution in [2.75, 3.05) is 0 Å². The van der Waals surface area contributed by atoms with Crippen molar-refractivity contribution < 1.29 is 14.3 Å². The molecule has 0 fully saturated rings. The van der Waals surface area contributed by atoms with Crippen LogP contribution in [-0.4, -0.2) is 17.9 Å². The van der Waals surface area contributed by atoms with Crippen molar-refractivity contribution in [3.8, 4) is 5.75 Å². The Kier molecular flexibility index (Phi) is 3.44. The Morgan fingerprint density at radius 1 is 1.33 bits per heavy atom. The van der Waals surface area contributed by atoms with E-state index in [1.807, 2.05) is 6.07 Å². The molecule has 1 aromatic carbocycles. The van der Waals surface area contributed by atoms with Crippen molar-refractivity contribution >= 4 is 12.4 Å². The van der Waals surface area contributed by atoms with Gasteiger partial charge in [-0.05, 0) is 26.0 Å². The zero-order valence-corrected chi connectivity index (χ0v) is 8.69. The molecule has 1 rings (SSSR count). The van der Waals surface area contributed by atoms with Gasteiger partial charge in [-0.15, -0.1) is 0 Å². The number of hydrogen-bond acceptors (Lipinski definition) is 3. The summed E-state index contributed by atoms with van der Waals surface area (Å²) in [7, 11) is 0. The van der Waals surface area contributed by atoms with Gasteiger partial charge in [0.2, 0.25) is 6.41 Å². The average molecular weight is 207 g/mol. The first kappa shape index (κ1) is 11.2. The van der Waals surface area contributed by atoms with E-state index in [4.69, 9.17) is 4.74 Å². The van der Waals surface area contributed by atoms with Gasteiger partial charge in [-0.3, -0.25) is 4.79 Å². The van der Waals surface area contributed by atoms with Crippen LogP contribution in [0.25, 0.3) is 0 Å². The molecule has 0 saturated heterocycles. The molecule has 80 valence electrons. The minimum atomic E-state index is -1.02. The largest absolute Gasteiger partial charge is 0.425 e. The minimum Gasteiger partial charge on any atom is -0.425 e. The van der Waals surface area contributed by atoms with Crippen molar-refractivity contribution in [3.05, 3.63) is 30.3 Å². The monoisotopic (exact) mass is 207 g/mol. The number of carbonyl (C=O) groups excluding carboxylic acids is 2. The fourth-order valence-electron chi connectivity index (χ4n) is 0.929. The van der Waals surface area contributed by atoms with Gasteiger partial charge in [0.25, 0.3) is 0 Å². The molecule has 0 aliphatic rings. The number of carbonyl (C=O) groups is 2. The topological polar surface area (TPSA) is 55.4 Å². The fraction of sp³-hybridized carbons (Fsp3) is 0.273. The zero-order chi connectivity index (χ0) is 11.3. The van der Waals surface area contributed by atoms with Crippen LogP contribution in [0.4, 0.5) is 0 Å². The van der Waals surface area contributed by atoms with Gasteiger partial charge < -0.3 is 10.1 Å². The van der Waals surface area contributed by atoms with Gasteiger partial charge in [-0.1, -0.05) is 18.2 Å². The van der Waals surface area contributed by atoms with E-state index in [9.17, 15) is 9.59 Å². The van der Waals surface area contributed by atoms with E-state index in [2.05, 4.69) is 5.32 Å². The molecule has 0 spiro atoms. The average Bonchev–Trinajstić information content (AvgIpc) is 2.19. The summed E-state index contributed by atoms with van der Waals surface area (Å²) < 4.78 is 5.07. The molecule has 1 aromatic rings. The lowest BCUT2D eigenvalue weighted by Gasteiger charge is -2.21. The molecule has 0 aliphatic heterocycles. The summed E-state index contributed by atoms with van der Waals surface area (Å²) in [6, 6.07) is 8.71. The van der Waals surface area contributed by atoms with Gasteiger partial charge >= 0.3 is 5.97 Å². The Morgan fingerprint density at radius 2 is 1.93 bits per heavy atom. The van der Waals surface area contributed by atoms with E-state index in [-0.39, 0.29) is 0 Å². The molecule has 0 atom stereocenters. The van der Waals surface area contributed by atoms with Gasteiger partial charge in [-0.2, -0.15) is 0 Å². The first-order valence-electron chi connectivity index (χ1n) is 4.55. The van der Waals surface area contributed by atoms with E-state index in [0.29, 0.717) is 12.2 Å². The highest BCUT2D eigenvalue weighted by atomic mass is 16.5. The van der Waals surface area contributed by atoms with E-state index >= 15 is 0 Å². The molecule has 4 nitrogen and oxygen atoms in total. The number of hydrogen-bond donors (Lipinski definition) is 1. The summed E-state index contributed by atoms with van der Waals surface area (Å²) >= 11 is 0. The Balaban J connectivity index is 2.67. The van der Waals surface area contributed by atoms with Gasteiger partial charge in [0.05, 0.1) is 0 Å². The molecule has 0 aliphatic carbocycles. The maximum Gasteiger partial charge on any atom is 0.336 e. The van der Waals surface area contributed by atoms with Crippen molar-refractivity contribution in [1.82, 2.24) is 5.32 Å². The summed E-state index contributed by atoms with van der Waals surface area (Å²) in [5.74, 6) is -0.0379. The zero-order valence-electron chi connectivity index (χ0n) is 8.69. The Labute approximate surface area is 88.2 Å². The maximum atomic E-state index is 11.6. The summed E-state index contributed by atoms with van der Waals surface area (Å²) in [5.41, 5.74) is -1.02. The number of ether oxygens (including phenoxy) is 1. The number of nitrogens with one attached hydrogen (secondary N) is 1. The first-order chi connectivity index (χ1) is 7.06. The second-order valence-electron chi connectivity index (χ2n) is 3.59. The molecular weight excluding hydrogens is 194 g/mol. The maximum absolute atomic E-state index is 11.6. The van der Waals surface area contributed by atoms with E-state index in [0.717, 1.165) is 0 Å². The summed E-state index contributed by atoms with van der Waals surface area (Å²) in [6.45, 7) is 3.15. The predicted octanol–water partition coefficient (Wildman–Crippen LogP) is 1.12. The molecule has 0 saturated carbocycles. The second-order valence-corrected chi connectivity index (χ2v) is 3.59. The summed E-state index contributed by atoms with van der Waals surface area (Å²) in [6.07, 6.45) is 0.478. The van der Waals surface area contributed by atoms with E-state index in [1.165, 1.54) is 0 Å². The Hall–Kier alpha value is -1.84. The number of amides is 1. The van der Waals surface area contributed by atoms with Crippen LogP contribution in [0.15, 0.2) is 30.3 Å². The molecule has 0 unspecified atom stereocenters. The van der Waals surface area contributed by atoms with E-state index < -0.39 is 11.5 Å². The first-order valence-corrected chi connectivity index (χ1v) is 4.55. The number of para-hydroxylation sites is 1. The number of benzene rings is 1. The standard InChI is InChI=1S/C11H13NO3/c1-11(2,12-8-13)10(14)15-9-6-4-3-5-7-9/h3-8H,1-2H3,(H,12,13). The van der Waals surface area contributed by atoms with Crippen molar-refractivity contribution in [3.63, 3.8) is 0 Å². The predicted molar refractivity (Wildman–Crippen MR) is 55.4 cm³/mol. The second kappa shape index (κ2) is 4.59. The highest BCUT2D eigenvalue weighted by Gasteiger charge is 2.28. The molecule has 4 heteroatoms. The quantitative estimate of drug-likeness (QED) is 0.457. The van der Waals surface area contributed by atoms with Gasteiger partial charge in [0, 0.05) is 0 Å².